The van der Waals surface area contributed by atoms with Gasteiger partial charge in [-0.25, -0.2) is 9.37 Å². The average Bonchev–Trinajstić information content (AvgIpc) is 3.34. The molecule has 0 amide bonds. The van der Waals surface area contributed by atoms with Crippen molar-refractivity contribution in [2.45, 2.75) is 50.6 Å². The molecule has 2 bridgehead atoms. The molecule has 1 unspecified atom stereocenters. The van der Waals surface area contributed by atoms with Gasteiger partial charge in [-0.05, 0) is 57.1 Å². The number of phenolic OH excluding ortho intramolecular Hbond substituents is 1. The summed E-state index contributed by atoms with van der Waals surface area (Å²) in [6, 6.07) is 2.64. The SMILES string of the molecule is C=C(c1cnc(-c2cc(F)c(-n3ccnc3)cc2O)cn1)C1C[C@]2(C)CC[C@](C)(C1)N2. The van der Waals surface area contributed by atoms with Crippen LogP contribution in [0, 0.1) is 11.7 Å². The van der Waals surface area contributed by atoms with Gasteiger partial charge in [0, 0.05) is 35.1 Å². The third kappa shape index (κ3) is 3.53. The molecular weight excluding hydrogens is 393 g/mol. The number of rotatable bonds is 4. The molecule has 0 radical (unpaired) electrons. The summed E-state index contributed by atoms with van der Waals surface area (Å²) >= 11 is 0. The van der Waals surface area contributed by atoms with E-state index in [2.05, 4.69) is 40.7 Å². The molecule has 3 atom stereocenters. The van der Waals surface area contributed by atoms with Crippen molar-refractivity contribution in [2.75, 3.05) is 0 Å². The molecule has 1 aromatic carbocycles. The van der Waals surface area contributed by atoms with Crippen molar-refractivity contribution < 1.29 is 9.50 Å². The number of phenols is 1. The van der Waals surface area contributed by atoms with Gasteiger partial charge in [0.1, 0.15) is 11.6 Å². The van der Waals surface area contributed by atoms with Crippen molar-refractivity contribution in [2.24, 2.45) is 5.92 Å². The normalized spacial score (nSPS) is 27.4. The molecule has 0 saturated carbocycles. The first-order valence-corrected chi connectivity index (χ1v) is 10.6. The molecule has 2 fully saturated rings. The van der Waals surface area contributed by atoms with Gasteiger partial charge < -0.3 is 15.0 Å². The van der Waals surface area contributed by atoms with Crippen molar-refractivity contribution in [3.63, 3.8) is 0 Å². The van der Waals surface area contributed by atoms with E-state index in [9.17, 15) is 9.50 Å². The lowest BCUT2D eigenvalue weighted by Crippen LogP contribution is -2.53. The minimum atomic E-state index is -0.479. The second-order valence-electron chi connectivity index (χ2n) is 9.45. The Morgan fingerprint density at radius 2 is 1.94 bits per heavy atom. The third-order valence-corrected chi connectivity index (χ3v) is 6.82. The molecule has 2 saturated heterocycles. The van der Waals surface area contributed by atoms with Crippen molar-refractivity contribution in [1.29, 1.82) is 0 Å². The second-order valence-corrected chi connectivity index (χ2v) is 9.45. The highest BCUT2D eigenvalue weighted by Crippen LogP contribution is 2.48. The Morgan fingerprint density at radius 3 is 2.55 bits per heavy atom. The lowest BCUT2D eigenvalue weighted by Gasteiger charge is -2.42. The summed E-state index contributed by atoms with van der Waals surface area (Å²) in [7, 11) is 0. The molecule has 7 heteroatoms. The first kappa shape index (κ1) is 19.9. The molecule has 0 spiro atoms. The molecule has 6 nitrogen and oxygen atoms in total. The highest BCUT2D eigenvalue weighted by molar-refractivity contribution is 5.70. The van der Waals surface area contributed by atoms with Crippen LogP contribution in [0.1, 0.15) is 45.2 Å². The van der Waals surface area contributed by atoms with Crippen LogP contribution in [0.3, 0.4) is 0 Å². The van der Waals surface area contributed by atoms with Gasteiger partial charge in [0.15, 0.2) is 0 Å². The summed E-state index contributed by atoms with van der Waals surface area (Å²) in [5.41, 5.74) is 2.96. The summed E-state index contributed by atoms with van der Waals surface area (Å²) in [6.07, 6.45) is 12.3. The van der Waals surface area contributed by atoms with Crippen LogP contribution in [-0.4, -0.2) is 35.7 Å². The van der Waals surface area contributed by atoms with E-state index in [0.717, 1.165) is 24.1 Å². The maximum Gasteiger partial charge on any atom is 0.148 e. The topological polar surface area (TPSA) is 75.9 Å². The number of imidazole rings is 1. The van der Waals surface area contributed by atoms with Gasteiger partial charge in [-0.2, -0.15) is 0 Å². The average molecular weight is 420 g/mol. The van der Waals surface area contributed by atoms with Gasteiger partial charge in [-0.3, -0.25) is 9.97 Å². The summed E-state index contributed by atoms with van der Waals surface area (Å²) < 4.78 is 16.2. The molecule has 31 heavy (non-hydrogen) atoms. The van der Waals surface area contributed by atoms with E-state index in [1.807, 2.05) is 0 Å². The quantitative estimate of drug-likeness (QED) is 0.651. The smallest absolute Gasteiger partial charge is 0.148 e. The number of fused-ring (bicyclic) bond motifs is 2. The number of aromatic nitrogens is 4. The first-order chi connectivity index (χ1) is 14.8. The molecule has 2 aromatic heterocycles. The van der Waals surface area contributed by atoms with Gasteiger partial charge in [0.05, 0.1) is 35.8 Å². The molecule has 0 aliphatic carbocycles. The number of aromatic hydroxyl groups is 1. The number of piperidine rings is 1. The monoisotopic (exact) mass is 419 g/mol. The maximum atomic E-state index is 14.7. The summed E-state index contributed by atoms with van der Waals surface area (Å²) in [5, 5.41) is 14.3. The maximum absolute atomic E-state index is 14.7. The number of hydrogen-bond acceptors (Lipinski definition) is 5. The van der Waals surface area contributed by atoms with Gasteiger partial charge in [-0.15, -0.1) is 0 Å². The minimum absolute atomic E-state index is 0.0678. The lowest BCUT2D eigenvalue weighted by molar-refractivity contribution is 0.201. The van der Waals surface area contributed by atoms with Crippen molar-refractivity contribution in [3.05, 3.63) is 61.3 Å². The third-order valence-electron chi connectivity index (χ3n) is 6.82. The van der Waals surface area contributed by atoms with E-state index in [1.165, 1.54) is 35.9 Å². The van der Waals surface area contributed by atoms with Crippen LogP contribution in [0.15, 0.2) is 49.8 Å². The first-order valence-electron chi connectivity index (χ1n) is 10.6. The molecule has 5 rings (SSSR count). The van der Waals surface area contributed by atoms with Crippen LogP contribution in [0.4, 0.5) is 4.39 Å². The molecule has 2 N–H and O–H groups in total. The van der Waals surface area contributed by atoms with Gasteiger partial charge in [-0.1, -0.05) is 6.58 Å². The van der Waals surface area contributed by atoms with Crippen LogP contribution in [0.5, 0.6) is 5.75 Å². The van der Waals surface area contributed by atoms with E-state index in [-0.39, 0.29) is 22.5 Å². The fourth-order valence-corrected chi connectivity index (χ4v) is 5.32. The standard InChI is InChI=1S/C24H26FN5O/c1-15(16-10-23(2)4-5-24(3,11-16)29-23)19-12-28-20(13-27-19)17-8-18(25)21(9-22(17)31)30-7-6-26-14-30/h6-9,12-14,16,29,31H,1,4-5,10-11H2,2-3H3/t16?,23-,24+. The fourth-order valence-electron chi connectivity index (χ4n) is 5.32. The summed E-state index contributed by atoms with van der Waals surface area (Å²) in [4.78, 5) is 12.9. The number of benzene rings is 1. The Bertz CT molecular complexity index is 1130. The molecule has 160 valence electrons. The predicted molar refractivity (Wildman–Crippen MR) is 117 cm³/mol. The van der Waals surface area contributed by atoms with Crippen molar-refractivity contribution >= 4 is 5.57 Å². The largest absolute Gasteiger partial charge is 0.507 e. The number of allylic oxidation sites excluding steroid dienone is 1. The Labute approximate surface area is 180 Å². The second kappa shape index (κ2) is 6.99. The van der Waals surface area contributed by atoms with E-state index >= 15 is 0 Å². The zero-order valence-electron chi connectivity index (χ0n) is 17.8. The Kier molecular flexibility index (Phi) is 4.48. The molecule has 3 aromatic rings. The number of nitrogens with one attached hydrogen (secondary N) is 1. The summed E-state index contributed by atoms with van der Waals surface area (Å²) in [6.45, 7) is 8.91. The van der Waals surface area contributed by atoms with E-state index in [1.54, 1.807) is 24.8 Å². The Balaban J connectivity index is 1.39. The highest BCUT2D eigenvalue weighted by Gasteiger charge is 2.49. The van der Waals surface area contributed by atoms with E-state index < -0.39 is 5.82 Å². The molecule has 4 heterocycles. The highest BCUT2D eigenvalue weighted by atomic mass is 19.1. The van der Waals surface area contributed by atoms with Crippen LogP contribution >= 0.6 is 0 Å². The van der Waals surface area contributed by atoms with Crippen molar-refractivity contribution in [1.82, 2.24) is 24.8 Å². The van der Waals surface area contributed by atoms with Crippen molar-refractivity contribution in [3.8, 4) is 22.7 Å². The molecule has 2 aliphatic heterocycles. The molecule has 2 aliphatic rings. The molecular formula is C24H26FN5O. The Hall–Kier alpha value is -3.06. The van der Waals surface area contributed by atoms with Gasteiger partial charge in [0.25, 0.3) is 0 Å². The summed E-state index contributed by atoms with van der Waals surface area (Å²) in [5.74, 6) is -0.200. The lowest BCUT2D eigenvalue weighted by atomic mass is 9.76. The van der Waals surface area contributed by atoms with Crippen LogP contribution in [0.2, 0.25) is 0 Å². The van der Waals surface area contributed by atoms with E-state index in [0.29, 0.717) is 17.2 Å². The number of nitrogens with zero attached hydrogens (tertiary/aromatic N) is 4. The van der Waals surface area contributed by atoms with Crippen LogP contribution < -0.4 is 5.32 Å². The number of hydrogen-bond donors (Lipinski definition) is 2. The van der Waals surface area contributed by atoms with Crippen LogP contribution in [0.25, 0.3) is 22.5 Å². The predicted octanol–water partition coefficient (Wildman–Crippen LogP) is 4.50. The van der Waals surface area contributed by atoms with Crippen LogP contribution in [-0.2, 0) is 0 Å². The zero-order chi connectivity index (χ0) is 21.8. The Morgan fingerprint density at radius 1 is 1.19 bits per heavy atom. The fraction of sp³-hybridized carbons (Fsp3) is 0.375. The number of halogens is 1. The minimum Gasteiger partial charge on any atom is -0.507 e. The van der Waals surface area contributed by atoms with Gasteiger partial charge >= 0.3 is 0 Å². The zero-order valence-corrected chi connectivity index (χ0v) is 17.8. The van der Waals surface area contributed by atoms with E-state index in [4.69, 9.17) is 0 Å². The van der Waals surface area contributed by atoms with Gasteiger partial charge in [0.2, 0.25) is 0 Å².